The normalized spacial score (nSPS) is 23.5. The zero-order valence-corrected chi connectivity index (χ0v) is 14.1. The summed E-state index contributed by atoms with van der Waals surface area (Å²) in [4.78, 5) is 0.242. The molecule has 0 saturated heterocycles. The van der Waals surface area contributed by atoms with Gasteiger partial charge in [-0.2, -0.15) is 4.31 Å². The van der Waals surface area contributed by atoms with Gasteiger partial charge in [0.05, 0.1) is 4.90 Å². The van der Waals surface area contributed by atoms with Crippen LogP contribution >= 0.6 is 11.6 Å². The molecule has 2 rings (SSSR count). The van der Waals surface area contributed by atoms with Gasteiger partial charge < -0.3 is 5.73 Å². The second kappa shape index (κ2) is 6.65. The third kappa shape index (κ3) is 3.59. The van der Waals surface area contributed by atoms with Crippen LogP contribution in [0, 0.1) is 5.92 Å². The molecule has 0 heterocycles. The molecule has 21 heavy (non-hydrogen) atoms. The van der Waals surface area contributed by atoms with Gasteiger partial charge in [0, 0.05) is 24.7 Å². The van der Waals surface area contributed by atoms with Crippen LogP contribution in [0.15, 0.2) is 23.1 Å². The first-order valence-electron chi connectivity index (χ1n) is 7.32. The zero-order chi connectivity index (χ0) is 15.6. The van der Waals surface area contributed by atoms with Crippen LogP contribution in [0.3, 0.4) is 0 Å². The molecule has 0 atom stereocenters. The van der Waals surface area contributed by atoms with Crippen LogP contribution in [0.1, 0.15) is 38.2 Å². The summed E-state index contributed by atoms with van der Waals surface area (Å²) < 4.78 is 26.9. The van der Waals surface area contributed by atoms with Gasteiger partial charge in [0.2, 0.25) is 10.0 Å². The number of hydrogen-bond acceptors (Lipinski definition) is 3. The Balaban J connectivity index is 2.22. The Labute approximate surface area is 132 Å². The molecule has 1 fully saturated rings. The average Bonchev–Trinajstić information content (AvgIpc) is 2.47. The van der Waals surface area contributed by atoms with E-state index in [2.05, 4.69) is 6.92 Å². The van der Waals surface area contributed by atoms with E-state index in [-0.39, 0.29) is 10.9 Å². The molecule has 1 aliphatic carbocycles. The Morgan fingerprint density at radius 1 is 1.29 bits per heavy atom. The lowest BCUT2D eigenvalue weighted by molar-refractivity contribution is 0.246. The van der Waals surface area contributed by atoms with E-state index in [1.165, 1.54) is 10.4 Å². The Morgan fingerprint density at radius 2 is 1.90 bits per heavy atom. The number of halogens is 1. The largest absolute Gasteiger partial charge is 0.326 e. The molecule has 1 aliphatic rings. The summed E-state index contributed by atoms with van der Waals surface area (Å²) in [6.45, 7) is 2.52. The molecule has 1 aromatic carbocycles. The fourth-order valence-electron chi connectivity index (χ4n) is 2.82. The van der Waals surface area contributed by atoms with Crippen molar-refractivity contribution in [1.82, 2.24) is 4.31 Å². The minimum Gasteiger partial charge on any atom is -0.326 e. The monoisotopic (exact) mass is 330 g/mol. The van der Waals surface area contributed by atoms with Crippen LogP contribution in [0.2, 0.25) is 5.02 Å². The molecule has 0 aliphatic heterocycles. The van der Waals surface area contributed by atoms with Crippen molar-refractivity contribution in [1.29, 1.82) is 0 Å². The fourth-order valence-corrected chi connectivity index (χ4v) is 4.59. The molecule has 0 radical (unpaired) electrons. The molecular formula is C15H23ClN2O2S. The topological polar surface area (TPSA) is 63.4 Å². The third-order valence-electron chi connectivity index (χ3n) is 4.42. The van der Waals surface area contributed by atoms with Gasteiger partial charge >= 0.3 is 0 Å². The molecule has 2 N–H and O–H groups in total. The molecule has 1 saturated carbocycles. The highest BCUT2D eigenvalue weighted by Gasteiger charge is 2.30. The van der Waals surface area contributed by atoms with E-state index in [0.29, 0.717) is 17.5 Å². The number of nitrogens with two attached hydrogens (primary N) is 1. The Kier molecular flexibility index (Phi) is 5.30. The molecule has 0 bridgehead atoms. The standard InChI is InChI=1S/C15H23ClN2O2S/c1-11-3-6-13(7-4-11)18(2)21(19,20)14-8-5-12(10-17)15(16)9-14/h5,8-9,11,13H,3-4,6-7,10,17H2,1-2H3. The summed E-state index contributed by atoms with van der Waals surface area (Å²) in [6.07, 6.45) is 4.01. The molecule has 4 nitrogen and oxygen atoms in total. The second-order valence-electron chi connectivity index (χ2n) is 5.89. The average molecular weight is 331 g/mol. The minimum atomic E-state index is -3.50. The Morgan fingerprint density at radius 3 is 2.43 bits per heavy atom. The predicted octanol–water partition coefficient (Wildman–Crippen LogP) is 3.00. The summed E-state index contributed by atoms with van der Waals surface area (Å²) in [5.74, 6) is 0.690. The van der Waals surface area contributed by atoms with Crippen molar-refractivity contribution in [2.75, 3.05) is 7.05 Å². The van der Waals surface area contributed by atoms with E-state index in [1.807, 2.05) is 0 Å². The molecule has 6 heteroatoms. The molecule has 0 aromatic heterocycles. The van der Waals surface area contributed by atoms with Crippen LogP contribution in [-0.2, 0) is 16.6 Å². The lowest BCUT2D eigenvalue weighted by atomic mass is 9.87. The maximum absolute atomic E-state index is 12.7. The van der Waals surface area contributed by atoms with Gasteiger partial charge in [0.25, 0.3) is 0 Å². The van der Waals surface area contributed by atoms with Gasteiger partial charge in [-0.05, 0) is 49.3 Å². The first-order valence-corrected chi connectivity index (χ1v) is 9.14. The summed E-state index contributed by atoms with van der Waals surface area (Å²) in [5, 5.41) is 0.407. The molecule has 1 aromatic rings. The number of nitrogens with zero attached hydrogens (tertiary/aromatic N) is 1. The molecule has 0 spiro atoms. The fraction of sp³-hybridized carbons (Fsp3) is 0.600. The highest BCUT2D eigenvalue weighted by Crippen LogP contribution is 2.30. The van der Waals surface area contributed by atoms with E-state index in [9.17, 15) is 8.42 Å². The van der Waals surface area contributed by atoms with Gasteiger partial charge in [-0.15, -0.1) is 0 Å². The SMILES string of the molecule is CC1CCC(N(C)S(=O)(=O)c2ccc(CN)c(Cl)c2)CC1. The number of rotatable bonds is 4. The van der Waals surface area contributed by atoms with Crippen molar-refractivity contribution in [2.45, 2.75) is 50.1 Å². The number of benzene rings is 1. The maximum atomic E-state index is 12.7. The van der Waals surface area contributed by atoms with Crippen molar-refractivity contribution in [3.63, 3.8) is 0 Å². The molecule has 0 unspecified atom stereocenters. The predicted molar refractivity (Wildman–Crippen MR) is 85.7 cm³/mol. The summed E-state index contributed by atoms with van der Waals surface area (Å²) in [5.41, 5.74) is 6.31. The van der Waals surface area contributed by atoms with Gasteiger partial charge in [-0.1, -0.05) is 24.6 Å². The van der Waals surface area contributed by atoms with Crippen molar-refractivity contribution in [3.05, 3.63) is 28.8 Å². The molecule has 118 valence electrons. The highest BCUT2D eigenvalue weighted by molar-refractivity contribution is 7.89. The first kappa shape index (κ1) is 16.7. The number of hydrogen-bond donors (Lipinski definition) is 1. The maximum Gasteiger partial charge on any atom is 0.243 e. The molecule has 0 amide bonds. The van der Waals surface area contributed by atoms with Crippen LogP contribution in [0.5, 0.6) is 0 Å². The van der Waals surface area contributed by atoms with Gasteiger partial charge in [0.1, 0.15) is 0 Å². The van der Waals surface area contributed by atoms with Gasteiger partial charge in [-0.25, -0.2) is 8.42 Å². The Hall–Kier alpha value is -0.620. The van der Waals surface area contributed by atoms with Crippen LogP contribution in [0.4, 0.5) is 0 Å². The third-order valence-corrected chi connectivity index (χ3v) is 6.68. The summed E-state index contributed by atoms with van der Waals surface area (Å²) >= 11 is 6.08. The summed E-state index contributed by atoms with van der Waals surface area (Å²) in [6, 6.07) is 4.86. The Bertz CT molecular complexity index is 596. The minimum absolute atomic E-state index is 0.0826. The quantitative estimate of drug-likeness (QED) is 0.923. The van der Waals surface area contributed by atoms with Gasteiger partial charge in [0.15, 0.2) is 0 Å². The summed E-state index contributed by atoms with van der Waals surface area (Å²) in [7, 11) is -1.83. The first-order chi connectivity index (χ1) is 9.86. The van der Waals surface area contributed by atoms with E-state index in [4.69, 9.17) is 17.3 Å². The lowest BCUT2D eigenvalue weighted by Crippen LogP contribution is -2.39. The number of sulfonamides is 1. The van der Waals surface area contributed by atoms with Crippen LogP contribution < -0.4 is 5.73 Å². The van der Waals surface area contributed by atoms with Crippen molar-refractivity contribution in [3.8, 4) is 0 Å². The zero-order valence-electron chi connectivity index (χ0n) is 12.5. The van der Waals surface area contributed by atoms with E-state index in [1.54, 1.807) is 19.2 Å². The van der Waals surface area contributed by atoms with E-state index < -0.39 is 10.0 Å². The van der Waals surface area contributed by atoms with Crippen molar-refractivity contribution < 1.29 is 8.42 Å². The van der Waals surface area contributed by atoms with E-state index in [0.717, 1.165) is 31.2 Å². The lowest BCUT2D eigenvalue weighted by Gasteiger charge is -2.32. The van der Waals surface area contributed by atoms with Crippen LogP contribution in [0.25, 0.3) is 0 Å². The highest BCUT2D eigenvalue weighted by atomic mass is 35.5. The van der Waals surface area contributed by atoms with Crippen LogP contribution in [-0.4, -0.2) is 25.8 Å². The van der Waals surface area contributed by atoms with E-state index >= 15 is 0 Å². The van der Waals surface area contributed by atoms with Crippen molar-refractivity contribution >= 4 is 21.6 Å². The smallest absolute Gasteiger partial charge is 0.243 e. The van der Waals surface area contributed by atoms with Gasteiger partial charge in [-0.3, -0.25) is 0 Å². The molecular weight excluding hydrogens is 308 g/mol. The second-order valence-corrected chi connectivity index (χ2v) is 8.30. The van der Waals surface area contributed by atoms with Crippen molar-refractivity contribution in [2.24, 2.45) is 11.7 Å².